The van der Waals surface area contributed by atoms with Crippen molar-refractivity contribution >= 4 is 0 Å². The summed E-state index contributed by atoms with van der Waals surface area (Å²) < 4.78 is 2.04. The van der Waals surface area contributed by atoms with Crippen LogP contribution in [0.5, 0.6) is 0 Å². The fourth-order valence-corrected chi connectivity index (χ4v) is 1.72. The number of rotatable bonds is 6. The molecule has 2 N–H and O–H groups in total. The molecule has 86 valence electrons. The number of aliphatic hydroxyl groups is 1. The van der Waals surface area contributed by atoms with Crippen LogP contribution in [-0.4, -0.2) is 22.3 Å². The zero-order chi connectivity index (χ0) is 11.3. The molecule has 1 heterocycles. The standard InChI is InChI=1S/C12H22N2O/c1-10(2)6-12(9-15)13-7-11-4-5-14(3)8-11/h4-5,8,10,12-13,15H,6-7,9H2,1-3H3. The summed E-state index contributed by atoms with van der Waals surface area (Å²) in [4.78, 5) is 0. The van der Waals surface area contributed by atoms with Crippen LogP contribution in [0.2, 0.25) is 0 Å². The van der Waals surface area contributed by atoms with Crippen molar-refractivity contribution < 1.29 is 5.11 Å². The highest BCUT2D eigenvalue weighted by atomic mass is 16.3. The second-order valence-electron chi connectivity index (χ2n) is 4.58. The summed E-state index contributed by atoms with van der Waals surface area (Å²) in [6.07, 6.45) is 5.15. The molecule has 0 aliphatic rings. The molecule has 0 fully saturated rings. The fraction of sp³-hybridized carbons (Fsp3) is 0.667. The topological polar surface area (TPSA) is 37.2 Å². The Balaban J connectivity index is 2.34. The summed E-state index contributed by atoms with van der Waals surface area (Å²) in [6.45, 7) is 5.39. The monoisotopic (exact) mass is 210 g/mol. The highest BCUT2D eigenvalue weighted by Crippen LogP contribution is 2.06. The Bertz CT molecular complexity index is 281. The number of hydrogen-bond donors (Lipinski definition) is 2. The van der Waals surface area contributed by atoms with E-state index in [2.05, 4.69) is 31.4 Å². The molecular formula is C12H22N2O. The minimum Gasteiger partial charge on any atom is -0.395 e. The Morgan fingerprint density at radius 3 is 2.67 bits per heavy atom. The van der Waals surface area contributed by atoms with Crippen LogP contribution < -0.4 is 5.32 Å². The lowest BCUT2D eigenvalue weighted by Crippen LogP contribution is -2.33. The zero-order valence-corrected chi connectivity index (χ0v) is 9.90. The van der Waals surface area contributed by atoms with Crippen LogP contribution in [0.1, 0.15) is 25.8 Å². The van der Waals surface area contributed by atoms with E-state index in [4.69, 9.17) is 0 Å². The van der Waals surface area contributed by atoms with Gasteiger partial charge in [0.05, 0.1) is 6.61 Å². The summed E-state index contributed by atoms with van der Waals surface area (Å²) in [5.41, 5.74) is 1.26. The maximum absolute atomic E-state index is 9.19. The molecule has 1 rings (SSSR count). The first-order valence-corrected chi connectivity index (χ1v) is 5.57. The molecular weight excluding hydrogens is 188 g/mol. The van der Waals surface area contributed by atoms with Crippen LogP contribution in [0.25, 0.3) is 0 Å². The first-order valence-electron chi connectivity index (χ1n) is 5.57. The molecule has 0 aliphatic heterocycles. The van der Waals surface area contributed by atoms with Crippen molar-refractivity contribution in [1.82, 2.24) is 9.88 Å². The molecule has 0 saturated heterocycles. The predicted molar refractivity (Wildman–Crippen MR) is 62.6 cm³/mol. The van der Waals surface area contributed by atoms with Crippen molar-refractivity contribution in [3.8, 4) is 0 Å². The van der Waals surface area contributed by atoms with Crippen LogP contribution in [0.15, 0.2) is 18.5 Å². The van der Waals surface area contributed by atoms with Gasteiger partial charge in [0.15, 0.2) is 0 Å². The molecule has 3 nitrogen and oxygen atoms in total. The Kier molecular flexibility index (Phi) is 4.85. The van der Waals surface area contributed by atoms with E-state index in [1.54, 1.807) is 0 Å². The van der Waals surface area contributed by atoms with Crippen molar-refractivity contribution in [2.45, 2.75) is 32.9 Å². The van der Waals surface area contributed by atoms with Gasteiger partial charge in [0.2, 0.25) is 0 Å². The Hall–Kier alpha value is -0.800. The maximum Gasteiger partial charge on any atom is 0.0584 e. The van der Waals surface area contributed by atoms with Crippen molar-refractivity contribution in [3.63, 3.8) is 0 Å². The van der Waals surface area contributed by atoms with E-state index in [9.17, 15) is 5.11 Å². The van der Waals surface area contributed by atoms with Gasteiger partial charge in [-0.1, -0.05) is 13.8 Å². The summed E-state index contributed by atoms with van der Waals surface area (Å²) in [6, 6.07) is 2.31. The van der Waals surface area contributed by atoms with Gasteiger partial charge in [-0.3, -0.25) is 0 Å². The van der Waals surface area contributed by atoms with E-state index in [-0.39, 0.29) is 12.6 Å². The molecule has 15 heavy (non-hydrogen) atoms. The third kappa shape index (κ3) is 4.49. The molecule has 0 aromatic carbocycles. The number of nitrogens with zero attached hydrogens (tertiary/aromatic N) is 1. The van der Waals surface area contributed by atoms with Gasteiger partial charge in [-0.25, -0.2) is 0 Å². The maximum atomic E-state index is 9.19. The second kappa shape index (κ2) is 5.93. The van der Waals surface area contributed by atoms with Crippen molar-refractivity contribution in [1.29, 1.82) is 0 Å². The van der Waals surface area contributed by atoms with Gasteiger partial charge >= 0.3 is 0 Å². The number of aryl methyl sites for hydroxylation is 1. The third-order valence-corrected chi connectivity index (χ3v) is 2.46. The molecule has 0 radical (unpaired) electrons. The van der Waals surface area contributed by atoms with E-state index in [0.717, 1.165) is 13.0 Å². The van der Waals surface area contributed by atoms with E-state index in [1.807, 2.05) is 17.8 Å². The molecule has 0 bridgehead atoms. The summed E-state index contributed by atoms with van der Waals surface area (Å²) in [5, 5.41) is 12.6. The highest BCUT2D eigenvalue weighted by Gasteiger charge is 2.08. The Labute approximate surface area is 92.1 Å². The average molecular weight is 210 g/mol. The lowest BCUT2D eigenvalue weighted by Gasteiger charge is -2.17. The Morgan fingerprint density at radius 1 is 1.47 bits per heavy atom. The van der Waals surface area contributed by atoms with Gasteiger partial charge in [0.25, 0.3) is 0 Å². The first-order chi connectivity index (χ1) is 7.11. The van der Waals surface area contributed by atoms with Gasteiger partial charge in [-0.2, -0.15) is 0 Å². The molecule has 0 aliphatic carbocycles. The molecule has 1 aromatic rings. The minimum atomic E-state index is 0.213. The molecule has 0 saturated carbocycles. The van der Waals surface area contributed by atoms with Gasteiger partial charge in [-0.05, 0) is 24.0 Å². The van der Waals surface area contributed by atoms with Crippen LogP contribution in [0, 0.1) is 5.92 Å². The lowest BCUT2D eigenvalue weighted by molar-refractivity contribution is 0.223. The quantitative estimate of drug-likeness (QED) is 0.747. The van der Waals surface area contributed by atoms with Crippen molar-refractivity contribution in [2.75, 3.05) is 6.61 Å². The predicted octanol–water partition coefficient (Wildman–Crippen LogP) is 1.52. The van der Waals surface area contributed by atoms with E-state index >= 15 is 0 Å². The van der Waals surface area contributed by atoms with Crippen LogP contribution in [-0.2, 0) is 13.6 Å². The van der Waals surface area contributed by atoms with Crippen LogP contribution in [0.3, 0.4) is 0 Å². The summed E-state index contributed by atoms with van der Waals surface area (Å²) in [7, 11) is 2.02. The number of nitrogens with one attached hydrogen (secondary N) is 1. The zero-order valence-electron chi connectivity index (χ0n) is 9.90. The van der Waals surface area contributed by atoms with Crippen molar-refractivity contribution in [3.05, 3.63) is 24.0 Å². The molecule has 1 aromatic heterocycles. The van der Waals surface area contributed by atoms with E-state index < -0.39 is 0 Å². The van der Waals surface area contributed by atoms with Gasteiger partial charge in [0, 0.05) is 32.0 Å². The second-order valence-corrected chi connectivity index (χ2v) is 4.58. The average Bonchev–Trinajstić information content (AvgIpc) is 2.58. The minimum absolute atomic E-state index is 0.213. The number of aromatic nitrogens is 1. The van der Waals surface area contributed by atoms with E-state index in [0.29, 0.717) is 5.92 Å². The van der Waals surface area contributed by atoms with Gasteiger partial charge in [0.1, 0.15) is 0 Å². The molecule has 0 spiro atoms. The van der Waals surface area contributed by atoms with E-state index in [1.165, 1.54) is 5.56 Å². The number of hydrogen-bond acceptors (Lipinski definition) is 2. The Morgan fingerprint density at radius 2 is 2.20 bits per heavy atom. The van der Waals surface area contributed by atoms with Crippen LogP contribution >= 0.6 is 0 Å². The molecule has 1 unspecified atom stereocenters. The lowest BCUT2D eigenvalue weighted by atomic mass is 10.0. The third-order valence-electron chi connectivity index (χ3n) is 2.46. The van der Waals surface area contributed by atoms with Crippen molar-refractivity contribution in [2.24, 2.45) is 13.0 Å². The molecule has 0 amide bonds. The van der Waals surface area contributed by atoms with Crippen LogP contribution in [0.4, 0.5) is 0 Å². The largest absolute Gasteiger partial charge is 0.395 e. The molecule has 3 heteroatoms. The fourth-order valence-electron chi connectivity index (χ4n) is 1.72. The van der Waals surface area contributed by atoms with Gasteiger partial charge < -0.3 is 15.0 Å². The number of aliphatic hydroxyl groups excluding tert-OH is 1. The molecule has 1 atom stereocenters. The smallest absolute Gasteiger partial charge is 0.0584 e. The SMILES string of the molecule is CC(C)CC(CO)NCc1ccn(C)c1. The normalized spacial score (nSPS) is 13.4. The summed E-state index contributed by atoms with van der Waals surface area (Å²) in [5.74, 6) is 0.616. The van der Waals surface area contributed by atoms with Gasteiger partial charge in [-0.15, -0.1) is 0 Å². The first kappa shape index (κ1) is 12.3. The summed E-state index contributed by atoms with van der Waals surface area (Å²) >= 11 is 0. The highest BCUT2D eigenvalue weighted by molar-refractivity contribution is 5.09.